The largest absolute Gasteiger partial charge is 0.388 e. The summed E-state index contributed by atoms with van der Waals surface area (Å²) >= 11 is 0.843. The highest BCUT2D eigenvalue weighted by Crippen LogP contribution is 2.21. The van der Waals surface area contributed by atoms with Crippen molar-refractivity contribution in [1.29, 1.82) is 0 Å². The Morgan fingerprint density at radius 3 is 2.62 bits per heavy atom. The summed E-state index contributed by atoms with van der Waals surface area (Å²) in [5.74, 6) is -0.808. The number of nitrogens with one attached hydrogen (secondary N) is 1. The maximum Gasteiger partial charge on any atom is 0.230 e. The monoisotopic (exact) mass is 422 g/mol. The van der Waals surface area contributed by atoms with E-state index in [9.17, 15) is 9.90 Å². The summed E-state index contributed by atoms with van der Waals surface area (Å²) in [5.41, 5.74) is 3.75. The van der Waals surface area contributed by atoms with Crippen LogP contribution in [0.5, 0.6) is 0 Å². The van der Waals surface area contributed by atoms with Gasteiger partial charge in [-0.1, -0.05) is 48.2 Å². The van der Waals surface area contributed by atoms with Gasteiger partial charge in [-0.2, -0.15) is 0 Å². The van der Waals surface area contributed by atoms with Crippen LogP contribution >= 0.6 is 11.3 Å². The van der Waals surface area contributed by atoms with E-state index in [2.05, 4.69) is 10.3 Å². The minimum Gasteiger partial charge on any atom is -0.388 e. The molecule has 1 aromatic heterocycles. The van der Waals surface area contributed by atoms with Crippen molar-refractivity contribution in [3.05, 3.63) is 76.1 Å². The fraction of sp³-hybridized carbons (Fsp3) is 0.304. The van der Waals surface area contributed by atoms with Gasteiger partial charge in [0.25, 0.3) is 0 Å². The van der Waals surface area contributed by atoms with Crippen molar-refractivity contribution < 1.29 is 27.7 Å². The van der Waals surface area contributed by atoms with Gasteiger partial charge in [-0.25, -0.2) is 4.98 Å². The lowest BCUT2D eigenvalue weighted by molar-refractivity contribution is -0.115. The number of rotatable bonds is 9. The van der Waals surface area contributed by atoms with Crippen LogP contribution in [0.4, 0.5) is 10.8 Å². The summed E-state index contributed by atoms with van der Waals surface area (Å²) in [4.78, 5) is 16.4. The number of carbonyl (C=O) groups is 1. The Morgan fingerprint density at radius 2 is 1.97 bits per heavy atom. The first-order chi connectivity index (χ1) is 19.2. The molecule has 29 heavy (non-hydrogen) atoms. The molecule has 0 aliphatic carbocycles. The number of aliphatic hydroxyl groups excluding tert-OH is 1. The molecule has 5 nitrogen and oxygen atoms in total. The van der Waals surface area contributed by atoms with Gasteiger partial charge in [0, 0.05) is 16.5 Å². The van der Waals surface area contributed by atoms with Gasteiger partial charge < -0.3 is 16.2 Å². The summed E-state index contributed by atoms with van der Waals surface area (Å²) in [7, 11) is 0. The average Bonchev–Trinajstić information content (AvgIpc) is 3.22. The Morgan fingerprint density at radius 1 is 1.24 bits per heavy atom. The highest BCUT2D eigenvalue weighted by atomic mass is 32.1. The highest BCUT2D eigenvalue weighted by Gasteiger charge is 2.08. The number of thiazole rings is 1. The van der Waals surface area contributed by atoms with E-state index in [4.69, 9.17) is 23.6 Å². The molecule has 3 aromatic rings. The number of amides is 1. The second kappa shape index (κ2) is 10.2. The number of nitrogens with two attached hydrogens (primary N) is 1. The molecule has 0 fully saturated rings. The molecule has 1 heterocycles. The van der Waals surface area contributed by atoms with Crippen LogP contribution in [0.25, 0.3) is 0 Å². The molecule has 0 aliphatic heterocycles. The molecule has 4 N–H and O–H groups in total. The molecule has 2 aromatic carbocycles. The molecule has 6 heteroatoms. The van der Waals surface area contributed by atoms with E-state index in [1.54, 1.807) is 0 Å². The van der Waals surface area contributed by atoms with E-state index in [0.717, 1.165) is 11.3 Å². The zero-order valence-electron chi connectivity index (χ0n) is 28.5. The lowest BCUT2D eigenvalue weighted by atomic mass is 10.0. The number of hydrogen-bond donors (Lipinski definition) is 3. The Bertz CT molecular complexity index is 1500. The molecule has 3 rings (SSSR count). The summed E-state index contributed by atoms with van der Waals surface area (Å²) in [5, 5.41) is 13.0. The zero-order chi connectivity index (χ0) is 32.1. The Balaban J connectivity index is 1.89. The van der Waals surface area contributed by atoms with Crippen molar-refractivity contribution in [2.45, 2.75) is 45.0 Å². The second-order valence-electron chi connectivity index (χ2n) is 5.90. The smallest absolute Gasteiger partial charge is 0.230 e. The van der Waals surface area contributed by atoms with Crippen LogP contribution in [0.2, 0.25) is 0 Å². The van der Waals surface area contributed by atoms with Crippen molar-refractivity contribution in [2.24, 2.45) is 0 Å². The summed E-state index contributed by atoms with van der Waals surface area (Å²) < 4.78 is 107. The molecule has 1 atom stereocenters. The maximum atomic E-state index is 12.5. The Hall–Kier alpha value is -2.70. The number of hydrogen-bond acceptors (Lipinski definition) is 5. The standard InChI is InChI=1S/C23H27N3O2S/c1-16-6-10-18(11-7-16)21(27)5-3-2-4-17-8-12-19(13-9-17)25-22(28)14-20-15-29-23(24)26-20/h6-13,15,21,27H,2-5,14H2,1H3,(H2,24,26)(H,25,28)/t21-/m0/s1/i4D2,5D2,6D,7D,8D,9D,10D,11D,12D,13D,15D. The van der Waals surface area contributed by atoms with Gasteiger partial charge in [0.2, 0.25) is 5.91 Å². The van der Waals surface area contributed by atoms with Crippen LogP contribution in [0.3, 0.4) is 0 Å². The molecule has 1 amide bonds. The van der Waals surface area contributed by atoms with Gasteiger partial charge in [0.15, 0.2) is 5.13 Å². The van der Waals surface area contributed by atoms with E-state index in [-0.39, 0.29) is 21.7 Å². The van der Waals surface area contributed by atoms with Crippen LogP contribution in [-0.4, -0.2) is 16.0 Å². The Labute approximate surface area is 193 Å². The van der Waals surface area contributed by atoms with Gasteiger partial charge in [0.05, 0.1) is 30.6 Å². The third-order valence-corrected chi connectivity index (χ3v) is 4.18. The number of benzene rings is 2. The first-order valence-electron chi connectivity index (χ1n) is 15.1. The SMILES string of the molecule is [2H]c1sc(N)nc1CC(=O)Nc1c([2H])c([2H])c(C([2H])([2H])CCC([2H])([2H])[C@H](O)c2c([2H])c([2H])c(C)c([2H])c2[2H])c([2H])c1[2H]. The number of carbonyl (C=O) groups excluding carboxylic acids is 1. The van der Waals surface area contributed by atoms with E-state index < -0.39 is 109 Å². The minimum atomic E-state index is -2.69. The third kappa shape index (κ3) is 6.69. The fourth-order valence-corrected chi connectivity index (χ4v) is 2.68. The lowest BCUT2D eigenvalue weighted by Gasteiger charge is -2.11. The molecule has 0 saturated heterocycles. The quantitative estimate of drug-likeness (QED) is 0.468. The summed E-state index contributed by atoms with van der Waals surface area (Å²) in [6.07, 6.45) is -9.49. The molecule has 0 aliphatic rings. The van der Waals surface area contributed by atoms with Crippen LogP contribution in [-0.2, 0) is 17.6 Å². The molecule has 0 radical (unpaired) electrons. The van der Waals surface area contributed by atoms with E-state index >= 15 is 0 Å². The number of nitrogens with zero attached hydrogens (tertiary/aromatic N) is 1. The minimum absolute atomic E-state index is 0.00907. The van der Waals surface area contributed by atoms with Crippen LogP contribution in [0.15, 0.2) is 53.7 Å². The van der Waals surface area contributed by atoms with Crippen LogP contribution in [0, 0.1) is 6.92 Å². The number of nitrogen functional groups attached to an aromatic ring is 1. The molecular formula is C23H27N3O2S. The second-order valence-corrected chi connectivity index (χ2v) is 6.72. The molecule has 152 valence electrons. The van der Waals surface area contributed by atoms with Gasteiger partial charge in [-0.15, -0.1) is 11.3 Å². The summed E-state index contributed by atoms with van der Waals surface area (Å²) in [6.45, 7) is 1.35. The summed E-state index contributed by atoms with van der Waals surface area (Å²) in [6, 6.07) is -5.36. The Kier molecular flexibility index (Phi) is 3.47. The molecule has 0 unspecified atom stereocenters. The van der Waals surface area contributed by atoms with Crippen molar-refractivity contribution in [3.8, 4) is 0 Å². The van der Waals surface area contributed by atoms with Crippen molar-refractivity contribution in [2.75, 3.05) is 11.1 Å². The van der Waals surface area contributed by atoms with Crippen molar-refractivity contribution in [1.82, 2.24) is 4.98 Å². The third-order valence-electron chi connectivity index (χ3n) is 3.54. The van der Waals surface area contributed by atoms with Crippen molar-refractivity contribution >= 4 is 28.1 Å². The zero-order valence-corrected chi connectivity index (χ0v) is 16.3. The molecule has 0 spiro atoms. The highest BCUT2D eigenvalue weighted by molar-refractivity contribution is 7.13. The van der Waals surface area contributed by atoms with Gasteiger partial charge in [-0.05, 0) is 49.3 Å². The normalized spacial score (nSPS) is 19.3. The maximum absolute atomic E-state index is 12.5. The molecule has 0 bridgehead atoms. The van der Waals surface area contributed by atoms with E-state index in [1.807, 2.05) is 0 Å². The van der Waals surface area contributed by atoms with Crippen LogP contribution < -0.4 is 11.1 Å². The van der Waals surface area contributed by atoms with Gasteiger partial charge >= 0.3 is 0 Å². The first-order valence-corrected chi connectivity index (χ1v) is 9.41. The average molecular weight is 423 g/mol. The predicted octanol–water partition coefficient (Wildman–Crippen LogP) is 4.66. The van der Waals surface area contributed by atoms with E-state index in [1.165, 1.54) is 6.92 Å². The molecular weight excluding hydrogens is 382 g/mol. The van der Waals surface area contributed by atoms with Crippen molar-refractivity contribution in [3.63, 3.8) is 0 Å². The van der Waals surface area contributed by atoms with Gasteiger partial charge in [0.1, 0.15) is 0 Å². The first kappa shape index (κ1) is 9.87. The number of aromatic nitrogens is 1. The fourth-order valence-electron chi connectivity index (χ4n) is 2.18. The van der Waals surface area contributed by atoms with Gasteiger partial charge in [-0.3, -0.25) is 4.79 Å². The number of anilines is 2. The molecule has 0 saturated carbocycles. The van der Waals surface area contributed by atoms with Crippen LogP contribution in [0.1, 0.15) is 65.5 Å². The lowest BCUT2D eigenvalue weighted by Crippen LogP contribution is -2.14. The number of aliphatic hydroxyl groups is 1. The van der Waals surface area contributed by atoms with E-state index in [0.29, 0.717) is 0 Å². The predicted molar refractivity (Wildman–Crippen MR) is 119 cm³/mol. The topological polar surface area (TPSA) is 88.2 Å².